The van der Waals surface area contributed by atoms with Crippen molar-refractivity contribution in [3.05, 3.63) is 54.7 Å². The van der Waals surface area contributed by atoms with Gasteiger partial charge in [0.2, 0.25) is 5.91 Å². The predicted octanol–water partition coefficient (Wildman–Crippen LogP) is 3.35. The van der Waals surface area contributed by atoms with E-state index in [-0.39, 0.29) is 11.4 Å². The molecule has 1 amide bonds. The molecule has 0 radical (unpaired) electrons. The molecule has 0 spiro atoms. The summed E-state index contributed by atoms with van der Waals surface area (Å²) in [5.74, 6) is -0.0629. The molecule has 0 fully saturated rings. The van der Waals surface area contributed by atoms with Gasteiger partial charge in [-0.05, 0) is 18.2 Å². The van der Waals surface area contributed by atoms with E-state index in [2.05, 4.69) is 28.0 Å². The standard InChI is InChI=1S/C17H13N3OS.H2O/c1-11(21)18-13-7-8-15-16(9-13)22-17-19-14(10-20(15)17)12-5-3-2-4-6-12;/h2-10H,1H3,(H,18,21);1H2. The Morgan fingerprint density at radius 1 is 1.17 bits per heavy atom. The van der Waals surface area contributed by atoms with Crippen molar-refractivity contribution in [1.82, 2.24) is 9.38 Å². The Labute approximate surface area is 136 Å². The van der Waals surface area contributed by atoms with Gasteiger partial charge < -0.3 is 10.8 Å². The van der Waals surface area contributed by atoms with Crippen molar-refractivity contribution >= 4 is 38.1 Å². The number of benzene rings is 2. The van der Waals surface area contributed by atoms with Crippen molar-refractivity contribution in [2.45, 2.75) is 6.92 Å². The Morgan fingerprint density at radius 3 is 2.70 bits per heavy atom. The number of thiazole rings is 1. The van der Waals surface area contributed by atoms with Crippen molar-refractivity contribution < 1.29 is 10.3 Å². The first-order chi connectivity index (χ1) is 10.7. The molecule has 0 unspecified atom stereocenters. The Hall–Kier alpha value is -2.70. The van der Waals surface area contributed by atoms with E-state index in [0.717, 1.165) is 32.1 Å². The number of nitrogens with one attached hydrogen (secondary N) is 1. The van der Waals surface area contributed by atoms with E-state index in [1.807, 2.05) is 36.4 Å². The zero-order chi connectivity index (χ0) is 15.1. The van der Waals surface area contributed by atoms with Gasteiger partial charge in [-0.3, -0.25) is 9.20 Å². The number of imidazole rings is 1. The summed E-state index contributed by atoms with van der Waals surface area (Å²) in [4.78, 5) is 16.8. The Bertz CT molecular complexity index is 989. The minimum Gasteiger partial charge on any atom is -0.412 e. The SMILES string of the molecule is CC(=O)Nc1ccc2c(c1)sc1nc(-c3ccccc3)cn12.O. The van der Waals surface area contributed by atoms with Crippen LogP contribution in [0.1, 0.15) is 6.92 Å². The molecule has 0 saturated heterocycles. The summed E-state index contributed by atoms with van der Waals surface area (Å²) in [6.45, 7) is 1.51. The third-order valence-electron chi connectivity index (χ3n) is 3.48. The van der Waals surface area contributed by atoms with Crippen LogP contribution in [-0.4, -0.2) is 20.8 Å². The van der Waals surface area contributed by atoms with Crippen LogP contribution in [0.15, 0.2) is 54.7 Å². The highest BCUT2D eigenvalue weighted by Gasteiger charge is 2.10. The van der Waals surface area contributed by atoms with Crippen LogP contribution in [0, 0.1) is 0 Å². The smallest absolute Gasteiger partial charge is 0.221 e. The molecule has 2 aromatic heterocycles. The number of aromatic nitrogens is 2. The van der Waals surface area contributed by atoms with Gasteiger partial charge in [0.05, 0.1) is 15.9 Å². The summed E-state index contributed by atoms with van der Waals surface area (Å²) in [6.07, 6.45) is 2.06. The zero-order valence-corrected chi connectivity index (χ0v) is 13.2. The van der Waals surface area contributed by atoms with E-state index in [4.69, 9.17) is 4.98 Å². The molecule has 23 heavy (non-hydrogen) atoms. The van der Waals surface area contributed by atoms with E-state index in [9.17, 15) is 4.79 Å². The summed E-state index contributed by atoms with van der Waals surface area (Å²) >= 11 is 1.62. The van der Waals surface area contributed by atoms with Gasteiger partial charge in [-0.15, -0.1) is 0 Å². The molecule has 3 N–H and O–H groups in total. The largest absolute Gasteiger partial charge is 0.412 e. The highest BCUT2D eigenvalue weighted by molar-refractivity contribution is 7.23. The third-order valence-corrected chi connectivity index (χ3v) is 4.50. The number of carbonyl (C=O) groups excluding carboxylic acids is 1. The fourth-order valence-electron chi connectivity index (χ4n) is 2.53. The predicted molar refractivity (Wildman–Crippen MR) is 93.9 cm³/mol. The maximum atomic E-state index is 11.1. The Morgan fingerprint density at radius 2 is 1.96 bits per heavy atom. The molecule has 0 aliphatic carbocycles. The molecular formula is C17H15N3O2S. The van der Waals surface area contributed by atoms with E-state index >= 15 is 0 Å². The molecule has 0 saturated carbocycles. The molecule has 0 aliphatic heterocycles. The first-order valence-electron chi connectivity index (χ1n) is 6.95. The van der Waals surface area contributed by atoms with Gasteiger partial charge in [-0.2, -0.15) is 0 Å². The lowest BCUT2D eigenvalue weighted by molar-refractivity contribution is -0.114. The first kappa shape index (κ1) is 15.2. The lowest BCUT2D eigenvalue weighted by Crippen LogP contribution is -2.05. The second-order valence-corrected chi connectivity index (χ2v) is 6.12. The van der Waals surface area contributed by atoms with Crippen LogP contribution in [-0.2, 0) is 4.79 Å². The Kier molecular flexibility index (Phi) is 3.85. The van der Waals surface area contributed by atoms with E-state index in [0.29, 0.717) is 0 Å². The fourth-order valence-corrected chi connectivity index (χ4v) is 3.58. The van der Waals surface area contributed by atoms with E-state index in [1.54, 1.807) is 11.3 Å². The van der Waals surface area contributed by atoms with Crippen LogP contribution in [0.4, 0.5) is 5.69 Å². The minimum atomic E-state index is -0.0629. The molecule has 6 heteroatoms. The van der Waals surface area contributed by atoms with Gasteiger partial charge >= 0.3 is 0 Å². The maximum absolute atomic E-state index is 11.1. The summed E-state index contributed by atoms with van der Waals surface area (Å²) in [6, 6.07) is 16.1. The molecule has 2 heterocycles. The number of nitrogens with zero attached hydrogens (tertiary/aromatic N) is 2. The topological polar surface area (TPSA) is 77.9 Å². The number of fused-ring (bicyclic) bond motifs is 3. The van der Waals surface area contributed by atoms with Crippen LogP contribution in [0.3, 0.4) is 0 Å². The highest BCUT2D eigenvalue weighted by atomic mass is 32.1. The monoisotopic (exact) mass is 325 g/mol. The molecule has 0 aliphatic rings. The lowest BCUT2D eigenvalue weighted by Gasteiger charge is -2.01. The first-order valence-corrected chi connectivity index (χ1v) is 7.77. The number of hydrogen-bond acceptors (Lipinski definition) is 3. The van der Waals surface area contributed by atoms with Crippen LogP contribution in [0.25, 0.3) is 26.4 Å². The number of amides is 1. The van der Waals surface area contributed by atoms with Crippen molar-refractivity contribution in [2.24, 2.45) is 0 Å². The van der Waals surface area contributed by atoms with Gasteiger partial charge in [0.25, 0.3) is 0 Å². The summed E-state index contributed by atoms with van der Waals surface area (Å²) in [5.41, 5.74) is 4.00. The normalized spacial score (nSPS) is 10.7. The van der Waals surface area contributed by atoms with Crippen molar-refractivity contribution in [3.8, 4) is 11.3 Å². The molecule has 4 aromatic rings. The van der Waals surface area contributed by atoms with Gasteiger partial charge in [0, 0.05) is 24.4 Å². The van der Waals surface area contributed by atoms with Crippen molar-refractivity contribution in [2.75, 3.05) is 5.32 Å². The average Bonchev–Trinajstić information content (AvgIpc) is 3.04. The number of anilines is 1. The highest BCUT2D eigenvalue weighted by Crippen LogP contribution is 2.31. The zero-order valence-electron chi connectivity index (χ0n) is 12.4. The molecule has 116 valence electrons. The number of carbonyl (C=O) groups is 1. The van der Waals surface area contributed by atoms with Gasteiger partial charge in [-0.25, -0.2) is 4.98 Å². The van der Waals surface area contributed by atoms with E-state index in [1.165, 1.54) is 6.92 Å². The van der Waals surface area contributed by atoms with Gasteiger partial charge in [-0.1, -0.05) is 41.7 Å². The molecule has 0 atom stereocenters. The van der Waals surface area contributed by atoms with Crippen LogP contribution >= 0.6 is 11.3 Å². The lowest BCUT2D eigenvalue weighted by atomic mass is 10.2. The minimum absolute atomic E-state index is 0. The summed E-state index contributed by atoms with van der Waals surface area (Å²) in [5, 5.41) is 2.81. The second-order valence-electron chi connectivity index (χ2n) is 5.11. The fraction of sp³-hybridized carbons (Fsp3) is 0.0588. The number of rotatable bonds is 2. The third kappa shape index (κ3) is 2.69. The summed E-state index contributed by atoms with van der Waals surface area (Å²) < 4.78 is 3.20. The molecule has 0 bridgehead atoms. The van der Waals surface area contributed by atoms with E-state index < -0.39 is 0 Å². The maximum Gasteiger partial charge on any atom is 0.221 e. The van der Waals surface area contributed by atoms with Crippen LogP contribution in [0.5, 0.6) is 0 Å². The average molecular weight is 325 g/mol. The van der Waals surface area contributed by atoms with Gasteiger partial charge in [0.1, 0.15) is 0 Å². The molecular weight excluding hydrogens is 310 g/mol. The van der Waals surface area contributed by atoms with Crippen LogP contribution < -0.4 is 5.32 Å². The molecule has 4 rings (SSSR count). The second kappa shape index (κ2) is 5.83. The quantitative estimate of drug-likeness (QED) is 0.613. The van der Waals surface area contributed by atoms with Crippen LogP contribution in [0.2, 0.25) is 0 Å². The van der Waals surface area contributed by atoms with Crippen molar-refractivity contribution in [3.63, 3.8) is 0 Å². The summed E-state index contributed by atoms with van der Waals surface area (Å²) in [7, 11) is 0. The van der Waals surface area contributed by atoms with Crippen molar-refractivity contribution in [1.29, 1.82) is 0 Å². The Balaban J connectivity index is 0.00000156. The number of hydrogen-bond donors (Lipinski definition) is 1. The molecule has 2 aromatic carbocycles. The van der Waals surface area contributed by atoms with Gasteiger partial charge in [0.15, 0.2) is 4.96 Å². The molecule has 5 nitrogen and oxygen atoms in total.